The first-order chi connectivity index (χ1) is 11.5. The molecule has 1 heterocycles. The number of hydrogen-bond acceptors (Lipinski definition) is 3. The van der Waals surface area contributed by atoms with Crippen molar-refractivity contribution in [3.63, 3.8) is 0 Å². The van der Waals surface area contributed by atoms with Gasteiger partial charge in [0.05, 0.1) is 16.9 Å². The molecule has 0 amide bonds. The molecule has 0 unspecified atom stereocenters. The molecule has 1 aromatic rings. The van der Waals surface area contributed by atoms with Crippen molar-refractivity contribution in [3.8, 4) is 0 Å². The van der Waals surface area contributed by atoms with Crippen molar-refractivity contribution >= 4 is 15.8 Å². The van der Waals surface area contributed by atoms with Gasteiger partial charge in [0, 0.05) is 6.04 Å². The van der Waals surface area contributed by atoms with Gasteiger partial charge in [-0.25, -0.2) is 8.42 Å². The molecule has 126 valence electrons. The van der Waals surface area contributed by atoms with E-state index in [2.05, 4.69) is 12.2 Å². The zero-order valence-electron chi connectivity index (χ0n) is 13.7. The maximum absolute atomic E-state index is 13.2. The highest BCUT2D eigenvalue weighted by molar-refractivity contribution is 7.89. The Balaban J connectivity index is 1.59. The van der Waals surface area contributed by atoms with Crippen molar-refractivity contribution in [2.75, 3.05) is 6.54 Å². The zero-order valence-corrected chi connectivity index (χ0v) is 14.5. The molecule has 5 heteroatoms. The summed E-state index contributed by atoms with van der Waals surface area (Å²) in [5, 5.41) is 0. The molecule has 4 nitrogen and oxygen atoms in total. The number of fused-ring (bicyclic) bond motifs is 3. The zero-order chi connectivity index (χ0) is 16.7. The highest BCUT2D eigenvalue weighted by atomic mass is 32.2. The number of carbonyl (C=O) groups is 1. The number of sulfonamides is 1. The molecule has 0 N–H and O–H groups in total. The van der Waals surface area contributed by atoms with Gasteiger partial charge in [0.15, 0.2) is 5.78 Å². The van der Waals surface area contributed by atoms with E-state index in [0.717, 1.165) is 24.8 Å². The minimum Gasteiger partial charge on any atom is -0.297 e. The summed E-state index contributed by atoms with van der Waals surface area (Å²) in [4.78, 5) is 13.4. The first-order valence-electron chi connectivity index (χ1n) is 8.76. The normalized spacial score (nSPS) is 40.3. The summed E-state index contributed by atoms with van der Waals surface area (Å²) in [6.45, 7) is 1.99. The van der Waals surface area contributed by atoms with Crippen LogP contribution in [0.2, 0.25) is 0 Å². The van der Waals surface area contributed by atoms with Crippen LogP contribution in [0.3, 0.4) is 0 Å². The molecule has 5 atom stereocenters. The van der Waals surface area contributed by atoms with Crippen molar-refractivity contribution < 1.29 is 13.2 Å². The number of carbonyl (C=O) groups excluding carboxylic acids is 1. The number of ketones is 1. The van der Waals surface area contributed by atoms with Crippen molar-refractivity contribution in [2.24, 2.45) is 23.2 Å². The maximum atomic E-state index is 13.2. The van der Waals surface area contributed by atoms with Gasteiger partial charge in [-0.05, 0) is 56.1 Å². The number of benzene rings is 1. The molecular formula is C19H21NO3S. The lowest BCUT2D eigenvalue weighted by atomic mass is 9.67. The Morgan fingerprint density at radius 2 is 1.88 bits per heavy atom. The van der Waals surface area contributed by atoms with E-state index in [-0.39, 0.29) is 24.3 Å². The summed E-state index contributed by atoms with van der Waals surface area (Å²) in [5.74, 6) is 1.22. The molecule has 0 radical (unpaired) electrons. The molecule has 1 saturated heterocycles. The molecule has 2 saturated carbocycles. The molecule has 3 fully saturated rings. The number of aryl methyl sites for hydroxylation is 1. The van der Waals surface area contributed by atoms with E-state index >= 15 is 0 Å². The third kappa shape index (κ3) is 1.58. The Kier molecular flexibility index (Phi) is 2.83. The van der Waals surface area contributed by atoms with Gasteiger partial charge in [-0.15, -0.1) is 0 Å². The van der Waals surface area contributed by atoms with E-state index in [1.54, 1.807) is 12.1 Å². The Morgan fingerprint density at radius 3 is 2.62 bits per heavy atom. The minimum atomic E-state index is -3.61. The van der Waals surface area contributed by atoms with E-state index in [0.29, 0.717) is 16.7 Å². The summed E-state index contributed by atoms with van der Waals surface area (Å²) >= 11 is 0. The molecule has 1 aromatic carbocycles. The number of Topliss-reactive ketones (excluding diaryl/α,β-unsaturated/α-hetero) is 1. The van der Waals surface area contributed by atoms with Crippen LogP contribution in [0, 0.1) is 30.1 Å². The van der Waals surface area contributed by atoms with Crippen molar-refractivity contribution in [3.05, 3.63) is 42.0 Å². The Hall–Kier alpha value is -1.46. The summed E-state index contributed by atoms with van der Waals surface area (Å²) in [6, 6.07) is 6.80. The van der Waals surface area contributed by atoms with Crippen molar-refractivity contribution in [2.45, 2.75) is 37.1 Å². The topological polar surface area (TPSA) is 54.5 Å². The second-order valence-electron chi connectivity index (χ2n) is 7.81. The first kappa shape index (κ1) is 14.8. The number of allylic oxidation sites excluding steroid dienone is 2. The quantitative estimate of drug-likeness (QED) is 0.776. The summed E-state index contributed by atoms with van der Waals surface area (Å²) in [6.07, 6.45) is 7.26. The molecular weight excluding hydrogens is 322 g/mol. The molecule has 2 bridgehead atoms. The predicted molar refractivity (Wildman–Crippen MR) is 89.8 cm³/mol. The predicted octanol–water partition coefficient (Wildman–Crippen LogP) is 2.54. The second kappa shape index (κ2) is 4.58. The molecule has 0 aromatic heterocycles. The smallest absolute Gasteiger partial charge is 0.243 e. The number of hydrogen-bond donors (Lipinski definition) is 0. The molecule has 5 rings (SSSR count). The summed E-state index contributed by atoms with van der Waals surface area (Å²) in [5.41, 5.74) is 0.596. The standard InChI is InChI=1S/C19H21NO3S/c1-12-2-6-15(7-3-12)24(22,23)20-11-18(21)19-14-5-4-13(10-14)16(19)8-9-17(19)20/h2-7,13-14,16-17H,8-11H2,1H3/t13-,14+,16-,17+,19-/m0/s1. The Morgan fingerprint density at radius 1 is 1.12 bits per heavy atom. The van der Waals surface area contributed by atoms with Crippen LogP contribution < -0.4 is 0 Å². The van der Waals surface area contributed by atoms with Crippen LogP contribution in [0.15, 0.2) is 41.3 Å². The van der Waals surface area contributed by atoms with Crippen LogP contribution in [-0.2, 0) is 14.8 Å². The third-order valence-electron chi connectivity index (χ3n) is 6.92. The lowest BCUT2D eigenvalue weighted by Crippen LogP contribution is -2.45. The fraction of sp³-hybridized carbons (Fsp3) is 0.526. The van der Waals surface area contributed by atoms with Gasteiger partial charge in [-0.3, -0.25) is 4.79 Å². The Bertz CT molecular complexity index is 857. The van der Waals surface area contributed by atoms with Gasteiger partial charge in [0.1, 0.15) is 0 Å². The average molecular weight is 343 g/mol. The van der Waals surface area contributed by atoms with Crippen LogP contribution in [-0.4, -0.2) is 31.1 Å². The lowest BCUT2D eigenvalue weighted by molar-refractivity contribution is -0.127. The minimum absolute atomic E-state index is 0.0500. The van der Waals surface area contributed by atoms with Crippen LogP contribution in [0.5, 0.6) is 0 Å². The molecule has 24 heavy (non-hydrogen) atoms. The van der Waals surface area contributed by atoms with Crippen LogP contribution in [0.1, 0.15) is 24.8 Å². The second-order valence-corrected chi connectivity index (χ2v) is 9.70. The van der Waals surface area contributed by atoms with E-state index in [4.69, 9.17) is 0 Å². The highest BCUT2D eigenvalue weighted by Gasteiger charge is 2.71. The first-order valence-corrected chi connectivity index (χ1v) is 10.2. The number of rotatable bonds is 2. The van der Waals surface area contributed by atoms with Gasteiger partial charge in [0.2, 0.25) is 10.0 Å². The molecule has 4 aliphatic rings. The van der Waals surface area contributed by atoms with Gasteiger partial charge in [-0.2, -0.15) is 4.31 Å². The summed E-state index contributed by atoms with van der Waals surface area (Å²) in [7, 11) is -3.61. The van der Waals surface area contributed by atoms with E-state index in [1.807, 2.05) is 19.1 Å². The monoisotopic (exact) mass is 343 g/mol. The van der Waals surface area contributed by atoms with E-state index in [9.17, 15) is 13.2 Å². The van der Waals surface area contributed by atoms with Gasteiger partial charge in [-0.1, -0.05) is 29.8 Å². The SMILES string of the molecule is Cc1ccc(S(=O)(=O)N2CC(=O)[C@@]34[C@@H]5C=C[C@@H](C5)[C@@H]3CC[C@@H]24)cc1. The molecule has 1 aliphatic heterocycles. The van der Waals surface area contributed by atoms with E-state index in [1.165, 1.54) is 4.31 Å². The average Bonchev–Trinajstić information content (AvgIpc) is 3.27. The van der Waals surface area contributed by atoms with Gasteiger partial charge >= 0.3 is 0 Å². The fourth-order valence-electron chi connectivity index (χ4n) is 6.00. The lowest BCUT2D eigenvalue weighted by Gasteiger charge is -2.36. The molecule has 3 aliphatic carbocycles. The van der Waals surface area contributed by atoms with Gasteiger partial charge in [0.25, 0.3) is 0 Å². The maximum Gasteiger partial charge on any atom is 0.243 e. The highest BCUT2D eigenvalue weighted by Crippen LogP contribution is 2.67. The third-order valence-corrected chi connectivity index (χ3v) is 8.79. The Labute approximate surface area is 142 Å². The fourth-order valence-corrected chi connectivity index (χ4v) is 7.65. The molecule has 1 spiro atoms. The largest absolute Gasteiger partial charge is 0.297 e. The van der Waals surface area contributed by atoms with Crippen LogP contribution >= 0.6 is 0 Å². The van der Waals surface area contributed by atoms with Crippen molar-refractivity contribution in [1.82, 2.24) is 4.31 Å². The van der Waals surface area contributed by atoms with Crippen LogP contribution in [0.25, 0.3) is 0 Å². The van der Waals surface area contributed by atoms with E-state index < -0.39 is 15.4 Å². The van der Waals surface area contributed by atoms with Crippen molar-refractivity contribution in [1.29, 1.82) is 0 Å². The van der Waals surface area contributed by atoms with Gasteiger partial charge < -0.3 is 0 Å². The number of nitrogens with zero attached hydrogens (tertiary/aromatic N) is 1. The van der Waals surface area contributed by atoms with Crippen LogP contribution in [0.4, 0.5) is 0 Å². The summed E-state index contributed by atoms with van der Waals surface area (Å²) < 4.78 is 27.9.